The molecule has 0 bridgehead atoms. The average Bonchev–Trinajstić information content (AvgIpc) is 2.62. The molecule has 0 aliphatic carbocycles. The molecule has 3 N–H and O–H groups in total. The Kier molecular flexibility index (Phi) is 5.11. The van der Waals surface area contributed by atoms with Crippen molar-refractivity contribution >= 4 is 23.2 Å². The predicted octanol–water partition coefficient (Wildman–Crippen LogP) is 2.68. The van der Waals surface area contributed by atoms with E-state index in [1.807, 2.05) is 36.4 Å². The third-order valence-corrected chi connectivity index (χ3v) is 4.41. The number of aromatic hydroxyl groups is 1. The maximum absolute atomic E-state index is 9.29. The maximum atomic E-state index is 9.29. The summed E-state index contributed by atoms with van der Waals surface area (Å²) in [4.78, 5) is 8.88. The van der Waals surface area contributed by atoms with Crippen molar-refractivity contribution in [3.05, 3.63) is 59.1 Å². The molecule has 1 saturated heterocycles. The zero-order valence-electron chi connectivity index (χ0n) is 13.4. The smallest absolute Gasteiger partial charge is 0.191 e. The summed E-state index contributed by atoms with van der Waals surface area (Å²) in [6.07, 6.45) is 0. The molecule has 0 unspecified atom stereocenters. The molecule has 0 saturated carbocycles. The van der Waals surface area contributed by atoms with E-state index in [-0.39, 0.29) is 5.75 Å². The van der Waals surface area contributed by atoms with Crippen LogP contribution in [0.2, 0.25) is 5.02 Å². The van der Waals surface area contributed by atoms with Gasteiger partial charge in [-0.15, -0.1) is 0 Å². The number of hydrogen-bond acceptors (Lipinski definition) is 3. The molecule has 3 rings (SSSR count). The van der Waals surface area contributed by atoms with Crippen LogP contribution in [0.5, 0.6) is 5.75 Å². The molecule has 1 fully saturated rings. The van der Waals surface area contributed by atoms with Gasteiger partial charge in [0.25, 0.3) is 0 Å². The van der Waals surface area contributed by atoms with Crippen LogP contribution < -0.4 is 10.6 Å². The normalized spacial score (nSPS) is 15.6. The Balaban J connectivity index is 1.54. The number of phenols is 1. The van der Waals surface area contributed by atoms with Crippen molar-refractivity contribution < 1.29 is 5.11 Å². The van der Waals surface area contributed by atoms with Gasteiger partial charge in [-0.3, -0.25) is 0 Å². The van der Waals surface area contributed by atoms with Crippen LogP contribution >= 0.6 is 11.6 Å². The van der Waals surface area contributed by atoms with Crippen molar-refractivity contribution in [2.24, 2.45) is 10.7 Å². The molecule has 1 aliphatic heterocycles. The Labute approximate surface area is 147 Å². The quantitative estimate of drug-likeness (QED) is 0.663. The minimum atomic E-state index is 0.258. The second kappa shape index (κ2) is 7.45. The molecule has 2 aromatic carbocycles. The van der Waals surface area contributed by atoms with Gasteiger partial charge in [0.05, 0.1) is 6.54 Å². The number of phenolic OH excluding ortho intramolecular Hbond substituents is 1. The molecule has 0 atom stereocenters. The topological polar surface area (TPSA) is 65.1 Å². The lowest BCUT2D eigenvalue weighted by Gasteiger charge is -2.36. The van der Waals surface area contributed by atoms with E-state index in [2.05, 4.69) is 14.8 Å². The zero-order valence-corrected chi connectivity index (χ0v) is 14.2. The van der Waals surface area contributed by atoms with Gasteiger partial charge in [-0.05, 0) is 42.0 Å². The maximum Gasteiger partial charge on any atom is 0.191 e. The van der Waals surface area contributed by atoms with Gasteiger partial charge >= 0.3 is 0 Å². The monoisotopic (exact) mass is 344 g/mol. The first-order valence-corrected chi connectivity index (χ1v) is 8.33. The molecule has 126 valence electrons. The number of halogens is 1. The molecule has 0 spiro atoms. The number of anilines is 1. The standard InChI is InChI=1S/C18H21ClN4O/c19-15-3-5-16(6-4-15)22-9-11-23(12-10-22)18(20)21-13-14-1-7-17(24)8-2-14/h1-8,24H,9-13H2,(H2,20,21). The number of benzene rings is 2. The van der Waals surface area contributed by atoms with Crippen LogP contribution in [-0.2, 0) is 6.54 Å². The van der Waals surface area contributed by atoms with E-state index in [0.717, 1.165) is 36.8 Å². The molecule has 0 radical (unpaired) electrons. The molecular formula is C18H21ClN4O. The fraction of sp³-hybridized carbons (Fsp3) is 0.278. The van der Waals surface area contributed by atoms with Gasteiger partial charge in [0.1, 0.15) is 5.75 Å². The molecule has 1 heterocycles. The Morgan fingerprint density at radius 1 is 1.00 bits per heavy atom. The molecule has 2 aromatic rings. The first-order chi connectivity index (χ1) is 11.6. The fourth-order valence-electron chi connectivity index (χ4n) is 2.72. The Bertz CT molecular complexity index is 692. The van der Waals surface area contributed by atoms with Gasteiger partial charge in [-0.25, -0.2) is 4.99 Å². The van der Waals surface area contributed by atoms with Gasteiger partial charge in [0, 0.05) is 36.9 Å². The minimum Gasteiger partial charge on any atom is -0.508 e. The predicted molar refractivity (Wildman–Crippen MR) is 98.7 cm³/mol. The lowest BCUT2D eigenvalue weighted by Crippen LogP contribution is -2.51. The Morgan fingerprint density at radius 2 is 1.62 bits per heavy atom. The van der Waals surface area contributed by atoms with Gasteiger partial charge in [0.2, 0.25) is 0 Å². The van der Waals surface area contributed by atoms with E-state index < -0.39 is 0 Å². The molecule has 24 heavy (non-hydrogen) atoms. The van der Waals surface area contributed by atoms with Crippen molar-refractivity contribution in [3.63, 3.8) is 0 Å². The Hall–Kier alpha value is -2.40. The van der Waals surface area contributed by atoms with E-state index in [4.69, 9.17) is 17.3 Å². The summed E-state index contributed by atoms with van der Waals surface area (Å²) >= 11 is 5.94. The van der Waals surface area contributed by atoms with Crippen LogP contribution in [-0.4, -0.2) is 42.1 Å². The molecule has 5 nitrogen and oxygen atoms in total. The number of hydrogen-bond donors (Lipinski definition) is 2. The number of nitrogens with two attached hydrogens (primary N) is 1. The highest BCUT2D eigenvalue weighted by Crippen LogP contribution is 2.19. The summed E-state index contributed by atoms with van der Waals surface area (Å²) in [5, 5.41) is 10.0. The van der Waals surface area contributed by atoms with Crippen molar-refractivity contribution in [1.82, 2.24) is 4.90 Å². The second-order valence-electron chi connectivity index (χ2n) is 5.79. The third-order valence-electron chi connectivity index (χ3n) is 4.16. The highest BCUT2D eigenvalue weighted by molar-refractivity contribution is 6.30. The first kappa shape index (κ1) is 16.5. The summed E-state index contributed by atoms with van der Waals surface area (Å²) in [6, 6.07) is 14.9. The summed E-state index contributed by atoms with van der Waals surface area (Å²) in [7, 11) is 0. The fourth-order valence-corrected chi connectivity index (χ4v) is 2.85. The largest absolute Gasteiger partial charge is 0.508 e. The number of aliphatic imine (C=N–C) groups is 1. The van der Waals surface area contributed by atoms with Crippen LogP contribution in [0, 0.1) is 0 Å². The molecule has 6 heteroatoms. The van der Waals surface area contributed by atoms with Crippen LogP contribution in [0.4, 0.5) is 5.69 Å². The van der Waals surface area contributed by atoms with Crippen LogP contribution in [0.3, 0.4) is 0 Å². The number of guanidine groups is 1. The van der Waals surface area contributed by atoms with E-state index in [1.54, 1.807) is 12.1 Å². The number of nitrogens with zero attached hydrogens (tertiary/aromatic N) is 3. The third kappa shape index (κ3) is 4.11. The molecule has 1 aliphatic rings. The summed E-state index contributed by atoms with van der Waals surface area (Å²) in [6.45, 7) is 4.00. The number of piperazine rings is 1. The second-order valence-corrected chi connectivity index (χ2v) is 6.23. The van der Waals surface area contributed by atoms with Crippen LogP contribution in [0.1, 0.15) is 5.56 Å². The minimum absolute atomic E-state index is 0.258. The van der Waals surface area contributed by atoms with Gasteiger partial charge in [0.15, 0.2) is 5.96 Å². The van der Waals surface area contributed by atoms with Gasteiger partial charge in [-0.2, -0.15) is 0 Å². The van der Waals surface area contributed by atoms with Crippen LogP contribution in [0.25, 0.3) is 0 Å². The average molecular weight is 345 g/mol. The SMILES string of the molecule is NC(=NCc1ccc(O)cc1)N1CCN(c2ccc(Cl)cc2)CC1. The van der Waals surface area contributed by atoms with Crippen LogP contribution in [0.15, 0.2) is 53.5 Å². The molecular weight excluding hydrogens is 324 g/mol. The summed E-state index contributed by atoms with van der Waals surface area (Å²) in [5.74, 6) is 0.827. The van der Waals surface area contributed by atoms with E-state index in [0.29, 0.717) is 12.5 Å². The zero-order chi connectivity index (χ0) is 16.9. The summed E-state index contributed by atoms with van der Waals surface area (Å²) in [5.41, 5.74) is 8.32. The lowest BCUT2D eigenvalue weighted by atomic mass is 10.2. The highest BCUT2D eigenvalue weighted by atomic mass is 35.5. The first-order valence-electron chi connectivity index (χ1n) is 7.95. The summed E-state index contributed by atoms with van der Waals surface area (Å²) < 4.78 is 0. The van der Waals surface area contributed by atoms with E-state index >= 15 is 0 Å². The molecule has 0 aromatic heterocycles. The number of rotatable bonds is 3. The van der Waals surface area contributed by atoms with E-state index in [1.165, 1.54) is 5.69 Å². The van der Waals surface area contributed by atoms with Gasteiger partial charge in [-0.1, -0.05) is 23.7 Å². The van der Waals surface area contributed by atoms with E-state index in [9.17, 15) is 5.11 Å². The molecule has 0 amide bonds. The highest BCUT2D eigenvalue weighted by Gasteiger charge is 2.18. The van der Waals surface area contributed by atoms with Crippen molar-refractivity contribution in [2.45, 2.75) is 6.54 Å². The van der Waals surface area contributed by atoms with Gasteiger partial charge < -0.3 is 20.6 Å². The van der Waals surface area contributed by atoms with Crippen molar-refractivity contribution in [3.8, 4) is 5.75 Å². The van der Waals surface area contributed by atoms with Crippen molar-refractivity contribution in [1.29, 1.82) is 0 Å². The van der Waals surface area contributed by atoms with Crippen molar-refractivity contribution in [2.75, 3.05) is 31.1 Å². The lowest BCUT2D eigenvalue weighted by molar-refractivity contribution is 0.380. The Morgan fingerprint density at radius 3 is 2.25 bits per heavy atom.